The predicted molar refractivity (Wildman–Crippen MR) is 57.3 cm³/mol. The molecule has 0 radical (unpaired) electrons. The van der Waals surface area contributed by atoms with Gasteiger partial charge in [-0.25, -0.2) is 0 Å². The number of rotatable bonds is 3. The normalized spacial score (nSPS) is 9.47. The van der Waals surface area contributed by atoms with Crippen LogP contribution in [0.1, 0.15) is 29.8 Å². The molecule has 0 aliphatic heterocycles. The third-order valence-electron chi connectivity index (χ3n) is 1.87. The van der Waals surface area contributed by atoms with Gasteiger partial charge in [-0.05, 0) is 26.0 Å². The highest BCUT2D eigenvalue weighted by molar-refractivity contribution is 6.34. The number of hydrogen-bond donors (Lipinski definition) is 0. The first-order valence-electron chi connectivity index (χ1n) is 4.48. The Hall–Kier alpha value is -1.53. The molecule has 0 bridgehead atoms. The number of halogens is 1. The first-order valence-corrected chi connectivity index (χ1v) is 4.86. The predicted octanol–water partition coefficient (Wildman–Crippen LogP) is 2.81. The molecule has 1 rings (SSSR count). The Morgan fingerprint density at radius 1 is 1.60 bits per heavy atom. The smallest absolute Gasteiger partial charge is 0.165 e. The van der Waals surface area contributed by atoms with Gasteiger partial charge in [0.15, 0.2) is 5.78 Å². The van der Waals surface area contributed by atoms with Crippen molar-refractivity contribution in [1.29, 1.82) is 5.26 Å². The van der Waals surface area contributed by atoms with Gasteiger partial charge in [0.05, 0.1) is 22.8 Å². The van der Waals surface area contributed by atoms with Gasteiger partial charge in [0.2, 0.25) is 0 Å². The molecule has 0 N–H and O–H groups in total. The first-order chi connectivity index (χ1) is 7.11. The van der Waals surface area contributed by atoms with Crippen LogP contribution in [0.4, 0.5) is 0 Å². The largest absolute Gasteiger partial charge is 0.492 e. The second kappa shape index (κ2) is 4.81. The number of Topliss-reactive ketones (excluding diaryl/α,β-unsaturated/α-hetero) is 1. The fourth-order valence-electron chi connectivity index (χ4n) is 1.27. The Balaban J connectivity index is 3.45. The second-order valence-corrected chi connectivity index (χ2v) is 3.31. The van der Waals surface area contributed by atoms with Crippen LogP contribution in [0.3, 0.4) is 0 Å². The van der Waals surface area contributed by atoms with Gasteiger partial charge < -0.3 is 4.74 Å². The molecule has 0 fully saturated rings. The zero-order valence-corrected chi connectivity index (χ0v) is 9.26. The fourth-order valence-corrected chi connectivity index (χ4v) is 1.55. The molecule has 0 unspecified atom stereocenters. The van der Waals surface area contributed by atoms with Crippen LogP contribution in [0.2, 0.25) is 5.02 Å². The number of carbonyl (C=O) groups excluding carboxylic acids is 1. The second-order valence-electron chi connectivity index (χ2n) is 2.90. The van der Waals surface area contributed by atoms with Gasteiger partial charge in [-0.2, -0.15) is 5.26 Å². The lowest BCUT2D eigenvalue weighted by molar-refractivity contribution is 0.101. The van der Waals surface area contributed by atoms with E-state index in [1.807, 2.05) is 6.07 Å². The van der Waals surface area contributed by atoms with Crippen LogP contribution in [0.5, 0.6) is 5.75 Å². The van der Waals surface area contributed by atoms with Crippen LogP contribution in [0.25, 0.3) is 0 Å². The third kappa shape index (κ3) is 2.28. The Bertz CT molecular complexity index is 435. The average molecular weight is 224 g/mol. The van der Waals surface area contributed by atoms with Gasteiger partial charge in [-0.15, -0.1) is 0 Å². The van der Waals surface area contributed by atoms with Crippen LogP contribution in [-0.4, -0.2) is 12.4 Å². The van der Waals surface area contributed by atoms with E-state index in [1.165, 1.54) is 13.0 Å². The van der Waals surface area contributed by atoms with E-state index in [0.717, 1.165) is 0 Å². The van der Waals surface area contributed by atoms with Crippen LogP contribution in [-0.2, 0) is 0 Å². The average Bonchev–Trinajstić information content (AvgIpc) is 2.18. The number of hydrogen-bond acceptors (Lipinski definition) is 3. The van der Waals surface area contributed by atoms with Crippen molar-refractivity contribution >= 4 is 17.4 Å². The van der Waals surface area contributed by atoms with Crippen molar-refractivity contribution in [1.82, 2.24) is 0 Å². The molecule has 78 valence electrons. The minimum absolute atomic E-state index is 0.208. The molecule has 0 saturated heterocycles. The lowest BCUT2D eigenvalue weighted by Crippen LogP contribution is -2.03. The van der Waals surface area contributed by atoms with E-state index < -0.39 is 0 Å². The maximum Gasteiger partial charge on any atom is 0.165 e. The van der Waals surface area contributed by atoms with Crippen molar-refractivity contribution in [2.45, 2.75) is 13.8 Å². The SMILES string of the molecule is CCOc1c(C#N)ccc(Cl)c1C(C)=O. The highest BCUT2D eigenvalue weighted by Gasteiger charge is 2.16. The molecular formula is C11H10ClNO2. The Kier molecular flexibility index (Phi) is 3.70. The Morgan fingerprint density at radius 3 is 2.73 bits per heavy atom. The summed E-state index contributed by atoms with van der Waals surface area (Å²) < 4.78 is 5.27. The van der Waals surface area contributed by atoms with Crippen LogP contribution >= 0.6 is 11.6 Å². The molecule has 0 spiro atoms. The molecule has 0 saturated carbocycles. The molecule has 1 aromatic carbocycles. The summed E-state index contributed by atoms with van der Waals surface area (Å²) in [5.41, 5.74) is 0.601. The van der Waals surface area contributed by atoms with Crippen molar-refractivity contribution in [3.05, 3.63) is 28.3 Å². The Labute approximate surface area is 93.2 Å². The minimum atomic E-state index is -0.208. The highest BCUT2D eigenvalue weighted by atomic mass is 35.5. The van der Waals surface area contributed by atoms with Gasteiger partial charge >= 0.3 is 0 Å². The van der Waals surface area contributed by atoms with E-state index in [1.54, 1.807) is 13.0 Å². The van der Waals surface area contributed by atoms with Gasteiger partial charge in [0.1, 0.15) is 11.8 Å². The van der Waals surface area contributed by atoms with E-state index in [-0.39, 0.29) is 17.1 Å². The summed E-state index contributed by atoms with van der Waals surface area (Å²) in [6, 6.07) is 5.04. The Morgan fingerprint density at radius 2 is 2.27 bits per heavy atom. The summed E-state index contributed by atoms with van der Waals surface area (Å²) in [4.78, 5) is 11.4. The number of nitriles is 1. The molecule has 0 aromatic heterocycles. The van der Waals surface area contributed by atoms with Crippen LogP contribution < -0.4 is 4.74 Å². The summed E-state index contributed by atoms with van der Waals surface area (Å²) >= 11 is 5.88. The van der Waals surface area contributed by atoms with Crippen LogP contribution in [0, 0.1) is 11.3 Å². The molecular weight excluding hydrogens is 214 g/mol. The first kappa shape index (κ1) is 11.5. The van der Waals surface area contributed by atoms with Crippen molar-refractivity contribution in [2.24, 2.45) is 0 Å². The molecule has 3 nitrogen and oxygen atoms in total. The molecule has 0 atom stereocenters. The molecule has 0 heterocycles. The van der Waals surface area contributed by atoms with Gasteiger partial charge in [-0.3, -0.25) is 4.79 Å². The maximum absolute atomic E-state index is 11.4. The fraction of sp³-hybridized carbons (Fsp3) is 0.273. The highest BCUT2D eigenvalue weighted by Crippen LogP contribution is 2.30. The van der Waals surface area contributed by atoms with Gasteiger partial charge in [0, 0.05) is 0 Å². The summed E-state index contributed by atoms with van der Waals surface area (Å²) in [6.45, 7) is 3.56. The zero-order valence-electron chi connectivity index (χ0n) is 8.50. The quantitative estimate of drug-likeness (QED) is 0.741. The van der Waals surface area contributed by atoms with E-state index in [0.29, 0.717) is 17.2 Å². The lowest BCUT2D eigenvalue weighted by Gasteiger charge is -2.10. The molecule has 0 aliphatic carbocycles. The molecule has 4 heteroatoms. The van der Waals surface area contributed by atoms with Crippen molar-refractivity contribution in [2.75, 3.05) is 6.61 Å². The van der Waals surface area contributed by atoms with Crippen LogP contribution in [0.15, 0.2) is 12.1 Å². The monoisotopic (exact) mass is 223 g/mol. The van der Waals surface area contributed by atoms with Gasteiger partial charge in [-0.1, -0.05) is 11.6 Å². The van der Waals surface area contributed by atoms with E-state index in [2.05, 4.69) is 0 Å². The lowest BCUT2D eigenvalue weighted by atomic mass is 10.1. The summed E-state index contributed by atoms with van der Waals surface area (Å²) in [7, 11) is 0. The summed E-state index contributed by atoms with van der Waals surface area (Å²) in [6.07, 6.45) is 0. The number of carbonyl (C=O) groups is 1. The van der Waals surface area contributed by atoms with E-state index in [9.17, 15) is 4.79 Å². The number of benzene rings is 1. The van der Waals surface area contributed by atoms with Gasteiger partial charge in [0.25, 0.3) is 0 Å². The van der Waals surface area contributed by atoms with Crippen molar-refractivity contribution in [3.63, 3.8) is 0 Å². The molecule has 1 aromatic rings. The van der Waals surface area contributed by atoms with Crippen molar-refractivity contribution < 1.29 is 9.53 Å². The number of ketones is 1. The number of nitrogens with zero attached hydrogens (tertiary/aromatic N) is 1. The topological polar surface area (TPSA) is 50.1 Å². The summed E-state index contributed by atoms with van der Waals surface area (Å²) in [5, 5.41) is 9.17. The summed E-state index contributed by atoms with van der Waals surface area (Å²) in [5.74, 6) is 0.0700. The maximum atomic E-state index is 11.4. The standard InChI is InChI=1S/C11H10ClNO2/c1-3-15-11-8(6-13)4-5-9(12)10(11)7(2)14/h4-5H,3H2,1-2H3. The van der Waals surface area contributed by atoms with Crippen molar-refractivity contribution in [3.8, 4) is 11.8 Å². The molecule has 0 aliphatic rings. The zero-order chi connectivity index (χ0) is 11.4. The minimum Gasteiger partial charge on any atom is -0.492 e. The molecule has 0 amide bonds. The number of ether oxygens (including phenoxy) is 1. The van der Waals surface area contributed by atoms with E-state index in [4.69, 9.17) is 21.6 Å². The van der Waals surface area contributed by atoms with E-state index >= 15 is 0 Å². The molecule has 15 heavy (non-hydrogen) atoms. The third-order valence-corrected chi connectivity index (χ3v) is 2.18.